The normalized spacial score (nSPS) is 13.5. The summed E-state index contributed by atoms with van der Waals surface area (Å²) in [5, 5.41) is 15.8. The Morgan fingerprint density at radius 3 is 1.97 bits per heavy atom. The Morgan fingerprint density at radius 1 is 0.625 bits per heavy atom. The van der Waals surface area contributed by atoms with Crippen molar-refractivity contribution in [2.24, 2.45) is 0 Å². The average Bonchev–Trinajstić information content (AvgIpc) is 2.85. The van der Waals surface area contributed by atoms with Crippen LogP contribution in [0.5, 0.6) is 5.75 Å². The van der Waals surface area contributed by atoms with E-state index in [9.17, 15) is 5.11 Å². The standard InChI is InChI=1S/C30H27NO/c1-21(22-11-4-3-5-12-22)31(2)30(27-18-10-15-23-13-6-8-16-25(23)27)29-26-17-9-7-14-24(26)19-20-28(29)32/h3-21,30,32H,1-2H3/t21-,30?/m0/s1. The molecule has 158 valence electrons. The van der Waals surface area contributed by atoms with Crippen molar-refractivity contribution in [3.63, 3.8) is 0 Å². The van der Waals surface area contributed by atoms with Crippen LogP contribution in [0.2, 0.25) is 0 Å². The number of aromatic hydroxyl groups is 1. The first kappa shape index (κ1) is 20.3. The fraction of sp³-hybridized carbons (Fsp3) is 0.133. The lowest BCUT2D eigenvalue weighted by atomic mass is 9.88. The maximum absolute atomic E-state index is 11.2. The van der Waals surface area contributed by atoms with Crippen LogP contribution in [0.1, 0.15) is 35.7 Å². The molecule has 5 rings (SSSR count). The number of phenolic OH excluding ortho intramolecular Hbond substituents is 1. The maximum Gasteiger partial charge on any atom is 0.121 e. The molecule has 0 fully saturated rings. The van der Waals surface area contributed by atoms with Gasteiger partial charge in [-0.2, -0.15) is 0 Å². The SMILES string of the molecule is C[C@@H](c1ccccc1)N(C)C(c1cccc2ccccc12)c1c(O)ccc2ccccc12. The summed E-state index contributed by atoms with van der Waals surface area (Å²) in [5.74, 6) is 0.328. The highest BCUT2D eigenvalue weighted by Gasteiger charge is 2.29. The molecule has 0 bridgehead atoms. The first-order valence-electron chi connectivity index (χ1n) is 11.1. The lowest BCUT2D eigenvalue weighted by Crippen LogP contribution is -2.29. The van der Waals surface area contributed by atoms with Gasteiger partial charge < -0.3 is 5.11 Å². The predicted molar refractivity (Wildman–Crippen MR) is 134 cm³/mol. The van der Waals surface area contributed by atoms with Crippen molar-refractivity contribution in [1.29, 1.82) is 0 Å². The number of rotatable bonds is 5. The van der Waals surface area contributed by atoms with Gasteiger partial charge in [0.2, 0.25) is 0 Å². The number of phenols is 1. The second-order valence-corrected chi connectivity index (χ2v) is 8.44. The summed E-state index contributed by atoms with van der Waals surface area (Å²) in [6.07, 6.45) is 0. The van der Waals surface area contributed by atoms with E-state index < -0.39 is 0 Å². The molecule has 0 saturated carbocycles. The fourth-order valence-corrected chi connectivity index (χ4v) is 4.83. The van der Waals surface area contributed by atoms with Crippen molar-refractivity contribution in [2.75, 3.05) is 7.05 Å². The van der Waals surface area contributed by atoms with E-state index >= 15 is 0 Å². The van der Waals surface area contributed by atoms with Gasteiger partial charge in [-0.3, -0.25) is 4.90 Å². The van der Waals surface area contributed by atoms with E-state index in [1.165, 1.54) is 21.9 Å². The van der Waals surface area contributed by atoms with Crippen LogP contribution in [0.25, 0.3) is 21.5 Å². The molecule has 0 spiro atoms. The van der Waals surface area contributed by atoms with Gasteiger partial charge in [-0.25, -0.2) is 0 Å². The molecular weight excluding hydrogens is 390 g/mol. The molecule has 5 aromatic rings. The Hall–Kier alpha value is -3.62. The molecule has 2 atom stereocenters. The zero-order chi connectivity index (χ0) is 22.1. The Labute approximate surface area is 189 Å². The Balaban J connectivity index is 1.78. The van der Waals surface area contributed by atoms with Crippen molar-refractivity contribution in [3.05, 3.63) is 126 Å². The molecule has 1 N–H and O–H groups in total. The smallest absolute Gasteiger partial charge is 0.121 e. The summed E-state index contributed by atoms with van der Waals surface area (Å²) in [5.41, 5.74) is 3.39. The maximum atomic E-state index is 11.2. The molecule has 0 amide bonds. The average molecular weight is 418 g/mol. The predicted octanol–water partition coefficient (Wildman–Crippen LogP) is 7.48. The molecule has 0 heterocycles. The van der Waals surface area contributed by atoms with Crippen molar-refractivity contribution in [3.8, 4) is 5.75 Å². The van der Waals surface area contributed by atoms with Gasteiger partial charge in [0.15, 0.2) is 0 Å². The van der Waals surface area contributed by atoms with Crippen LogP contribution in [-0.4, -0.2) is 17.1 Å². The number of fused-ring (bicyclic) bond motifs is 2. The molecule has 0 aliphatic rings. The first-order valence-corrected chi connectivity index (χ1v) is 11.1. The summed E-state index contributed by atoms with van der Waals surface area (Å²) in [7, 11) is 2.16. The van der Waals surface area contributed by atoms with E-state index in [2.05, 4.69) is 104 Å². The summed E-state index contributed by atoms with van der Waals surface area (Å²) in [4.78, 5) is 2.37. The van der Waals surface area contributed by atoms with E-state index in [1.807, 2.05) is 24.3 Å². The van der Waals surface area contributed by atoms with Gasteiger partial charge in [-0.1, -0.05) is 103 Å². The van der Waals surface area contributed by atoms with Gasteiger partial charge in [0, 0.05) is 11.6 Å². The molecule has 5 aromatic carbocycles. The number of nitrogens with zero attached hydrogens (tertiary/aromatic N) is 1. The molecule has 2 nitrogen and oxygen atoms in total. The van der Waals surface area contributed by atoms with Gasteiger partial charge >= 0.3 is 0 Å². The van der Waals surface area contributed by atoms with Crippen LogP contribution in [-0.2, 0) is 0 Å². The third-order valence-corrected chi connectivity index (χ3v) is 6.64. The van der Waals surface area contributed by atoms with E-state index in [1.54, 1.807) is 0 Å². The van der Waals surface area contributed by atoms with Crippen LogP contribution in [0.15, 0.2) is 109 Å². The highest BCUT2D eigenvalue weighted by Crippen LogP contribution is 2.43. The highest BCUT2D eigenvalue weighted by molar-refractivity contribution is 5.91. The van der Waals surface area contributed by atoms with Crippen LogP contribution in [0, 0.1) is 0 Å². The quantitative estimate of drug-likeness (QED) is 0.320. The van der Waals surface area contributed by atoms with Crippen LogP contribution < -0.4 is 0 Å². The summed E-state index contributed by atoms with van der Waals surface area (Å²) in [6.45, 7) is 2.23. The molecule has 32 heavy (non-hydrogen) atoms. The van der Waals surface area contributed by atoms with Crippen molar-refractivity contribution >= 4 is 21.5 Å². The highest BCUT2D eigenvalue weighted by atomic mass is 16.3. The lowest BCUT2D eigenvalue weighted by molar-refractivity contribution is 0.212. The van der Waals surface area contributed by atoms with Gasteiger partial charge in [-0.05, 0) is 52.7 Å². The van der Waals surface area contributed by atoms with Gasteiger partial charge in [0.1, 0.15) is 5.75 Å². The Morgan fingerprint density at radius 2 is 1.22 bits per heavy atom. The number of hydrogen-bond donors (Lipinski definition) is 1. The zero-order valence-corrected chi connectivity index (χ0v) is 18.4. The van der Waals surface area contributed by atoms with Crippen LogP contribution in [0.3, 0.4) is 0 Å². The molecule has 0 aliphatic heterocycles. The summed E-state index contributed by atoms with van der Waals surface area (Å²) < 4.78 is 0. The van der Waals surface area contributed by atoms with Crippen LogP contribution in [0.4, 0.5) is 0 Å². The minimum Gasteiger partial charge on any atom is -0.508 e. The van der Waals surface area contributed by atoms with Crippen molar-refractivity contribution < 1.29 is 5.11 Å². The second kappa shape index (κ2) is 8.49. The minimum absolute atomic E-state index is 0.123. The molecule has 0 aliphatic carbocycles. The molecule has 0 radical (unpaired) electrons. The second-order valence-electron chi connectivity index (χ2n) is 8.44. The zero-order valence-electron chi connectivity index (χ0n) is 18.4. The first-order chi connectivity index (χ1) is 15.6. The lowest BCUT2D eigenvalue weighted by Gasteiger charge is -2.36. The molecule has 0 saturated heterocycles. The van der Waals surface area contributed by atoms with Crippen molar-refractivity contribution in [2.45, 2.75) is 19.0 Å². The monoisotopic (exact) mass is 417 g/mol. The van der Waals surface area contributed by atoms with E-state index in [-0.39, 0.29) is 12.1 Å². The largest absolute Gasteiger partial charge is 0.508 e. The summed E-state index contributed by atoms with van der Waals surface area (Å²) >= 11 is 0. The fourth-order valence-electron chi connectivity index (χ4n) is 4.83. The van der Waals surface area contributed by atoms with Gasteiger partial charge in [-0.15, -0.1) is 0 Å². The third-order valence-electron chi connectivity index (χ3n) is 6.64. The third kappa shape index (κ3) is 3.53. The minimum atomic E-state index is -0.123. The Bertz CT molecular complexity index is 1370. The van der Waals surface area contributed by atoms with Gasteiger partial charge in [0.05, 0.1) is 6.04 Å². The van der Waals surface area contributed by atoms with E-state index in [0.29, 0.717) is 5.75 Å². The molecule has 2 heteroatoms. The van der Waals surface area contributed by atoms with E-state index in [4.69, 9.17) is 0 Å². The topological polar surface area (TPSA) is 23.5 Å². The summed E-state index contributed by atoms with van der Waals surface area (Å²) in [6, 6.07) is 37.7. The molecular formula is C30H27NO. The molecule has 1 unspecified atom stereocenters. The van der Waals surface area contributed by atoms with E-state index in [0.717, 1.165) is 16.3 Å². The Kier molecular flexibility index (Phi) is 5.38. The number of hydrogen-bond acceptors (Lipinski definition) is 2. The van der Waals surface area contributed by atoms with Gasteiger partial charge in [0.25, 0.3) is 0 Å². The van der Waals surface area contributed by atoms with Crippen LogP contribution >= 0.6 is 0 Å². The number of benzene rings is 5. The van der Waals surface area contributed by atoms with Crippen molar-refractivity contribution in [1.82, 2.24) is 4.90 Å². The molecule has 0 aromatic heterocycles.